The van der Waals surface area contributed by atoms with Crippen LogP contribution in [0.4, 0.5) is 0 Å². The van der Waals surface area contributed by atoms with Gasteiger partial charge in [-0.25, -0.2) is 0 Å². The Kier molecular flexibility index (Phi) is 7.57. The number of hydrogen-bond acceptors (Lipinski definition) is 10. The summed E-state index contributed by atoms with van der Waals surface area (Å²) in [5.41, 5.74) is 0. The monoisotopic (exact) mass is 345 g/mol. The van der Waals surface area contributed by atoms with Crippen LogP contribution in [-0.4, -0.2) is 66.9 Å². The molecule has 1 N–H and O–H groups in total. The quantitative estimate of drug-likeness (QED) is 0.472. The zero-order chi connectivity index (χ0) is 18.3. The molecule has 24 heavy (non-hydrogen) atoms. The van der Waals surface area contributed by atoms with Gasteiger partial charge in [0, 0.05) is 20.8 Å². The van der Waals surface area contributed by atoms with Gasteiger partial charge in [-0.1, -0.05) is 0 Å². The molecule has 0 spiro atoms. The minimum absolute atomic E-state index is 0.330. The van der Waals surface area contributed by atoms with Crippen LogP contribution in [0.15, 0.2) is 0 Å². The van der Waals surface area contributed by atoms with Crippen LogP contribution in [0.3, 0.4) is 0 Å². The number of ether oxygens (including phenoxy) is 5. The van der Waals surface area contributed by atoms with Crippen LogP contribution in [0.1, 0.15) is 20.8 Å². The van der Waals surface area contributed by atoms with Crippen molar-refractivity contribution >= 4 is 17.9 Å². The van der Waals surface area contributed by atoms with Crippen molar-refractivity contribution < 1.29 is 43.2 Å². The van der Waals surface area contributed by atoms with E-state index in [4.69, 9.17) is 28.9 Å². The van der Waals surface area contributed by atoms with Gasteiger partial charge >= 0.3 is 17.9 Å². The van der Waals surface area contributed by atoms with E-state index >= 15 is 0 Å². The maximum absolute atomic E-state index is 11.3. The molecule has 10 nitrogen and oxygen atoms in total. The number of aliphatic hydroxyl groups is 1. The fraction of sp³-hybridized carbons (Fsp3) is 0.714. The van der Waals surface area contributed by atoms with Crippen molar-refractivity contribution in [1.29, 1.82) is 5.26 Å². The molecule has 5 atom stereocenters. The maximum Gasteiger partial charge on any atom is 0.303 e. The first kappa shape index (κ1) is 19.8. The highest BCUT2D eigenvalue weighted by molar-refractivity contribution is 5.67. The fourth-order valence-corrected chi connectivity index (χ4v) is 2.20. The standard InChI is InChI=1S/C14H19NO9/c1-7(16)21-6-10-11(22-8(2)17)12(20-5-4-15)13(14(19)24-10)23-9(3)18/h10-14,19H,5-6H2,1-3H3/t10-,11+,12+,13-,14-/m1/s1. The van der Waals surface area contributed by atoms with Crippen molar-refractivity contribution in [2.24, 2.45) is 0 Å². The second-order valence-electron chi connectivity index (χ2n) is 4.95. The molecule has 0 aromatic carbocycles. The van der Waals surface area contributed by atoms with E-state index in [0.717, 1.165) is 13.8 Å². The molecule has 0 unspecified atom stereocenters. The number of aliphatic hydroxyl groups excluding tert-OH is 1. The van der Waals surface area contributed by atoms with E-state index < -0.39 is 55.2 Å². The van der Waals surface area contributed by atoms with Crippen molar-refractivity contribution in [3.05, 3.63) is 0 Å². The summed E-state index contributed by atoms with van der Waals surface area (Å²) in [6, 6.07) is 1.73. The third-order valence-electron chi connectivity index (χ3n) is 3.00. The summed E-state index contributed by atoms with van der Waals surface area (Å²) in [6.45, 7) is 2.68. The first-order valence-corrected chi connectivity index (χ1v) is 7.06. The zero-order valence-electron chi connectivity index (χ0n) is 13.5. The van der Waals surface area contributed by atoms with Gasteiger partial charge < -0.3 is 28.8 Å². The van der Waals surface area contributed by atoms with Crippen LogP contribution < -0.4 is 0 Å². The Morgan fingerprint density at radius 3 is 2.12 bits per heavy atom. The van der Waals surface area contributed by atoms with Crippen molar-refractivity contribution in [1.82, 2.24) is 0 Å². The Hall–Kier alpha value is -2.22. The van der Waals surface area contributed by atoms with Gasteiger partial charge in [-0.15, -0.1) is 0 Å². The van der Waals surface area contributed by atoms with Gasteiger partial charge in [0.25, 0.3) is 0 Å². The van der Waals surface area contributed by atoms with Crippen LogP contribution in [-0.2, 0) is 38.1 Å². The molecule has 0 aromatic rings. The van der Waals surface area contributed by atoms with Gasteiger partial charge in [-0.05, 0) is 0 Å². The smallest absolute Gasteiger partial charge is 0.303 e. The minimum Gasteiger partial charge on any atom is -0.463 e. The van der Waals surface area contributed by atoms with E-state index in [9.17, 15) is 19.5 Å². The van der Waals surface area contributed by atoms with Crippen molar-refractivity contribution in [3.63, 3.8) is 0 Å². The first-order chi connectivity index (χ1) is 11.3. The van der Waals surface area contributed by atoms with E-state index in [2.05, 4.69) is 0 Å². The molecule has 0 saturated carbocycles. The SMILES string of the molecule is CC(=O)OC[C@H]1O[C@@H](O)[C@H](OC(C)=O)[C@@H](OCC#N)[C@H]1OC(C)=O. The molecule has 1 heterocycles. The Balaban J connectivity index is 3.06. The first-order valence-electron chi connectivity index (χ1n) is 7.06. The largest absolute Gasteiger partial charge is 0.463 e. The van der Waals surface area contributed by atoms with Gasteiger partial charge in [0.2, 0.25) is 0 Å². The number of esters is 3. The molecule has 1 saturated heterocycles. The summed E-state index contributed by atoms with van der Waals surface area (Å²) < 4.78 is 25.4. The molecule has 1 aliphatic rings. The fourth-order valence-electron chi connectivity index (χ4n) is 2.20. The Morgan fingerprint density at radius 2 is 1.62 bits per heavy atom. The molecule has 134 valence electrons. The zero-order valence-corrected chi connectivity index (χ0v) is 13.5. The molecule has 0 amide bonds. The lowest BCUT2D eigenvalue weighted by atomic mass is 9.98. The van der Waals surface area contributed by atoms with Crippen LogP contribution in [0.5, 0.6) is 0 Å². The van der Waals surface area contributed by atoms with E-state index in [-0.39, 0.29) is 6.61 Å². The maximum atomic E-state index is 11.3. The van der Waals surface area contributed by atoms with E-state index in [1.54, 1.807) is 6.07 Å². The summed E-state index contributed by atoms with van der Waals surface area (Å²) in [5.74, 6) is -2.03. The minimum atomic E-state index is -1.62. The highest BCUT2D eigenvalue weighted by Gasteiger charge is 2.50. The molecule has 0 bridgehead atoms. The summed E-state index contributed by atoms with van der Waals surface area (Å²) in [6.07, 6.45) is -6.35. The van der Waals surface area contributed by atoms with Gasteiger partial charge in [0.05, 0.1) is 6.07 Å². The number of nitriles is 1. The predicted molar refractivity (Wildman–Crippen MR) is 74.0 cm³/mol. The van der Waals surface area contributed by atoms with Crippen LogP contribution in [0.25, 0.3) is 0 Å². The number of carbonyl (C=O) groups is 3. The van der Waals surface area contributed by atoms with Crippen LogP contribution >= 0.6 is 0 Å². The number of rotatable bonds is 6. The molecule has 1 aliphatic heterocycles. The highest BCUT2D eigenvalue weighted by atomic mass is 16.7. The van der Waals surface area contributed by atoms with Crippen LogP contribution in [0.2, 0.25) is 0 Å². The summed E-state index contributed by atoms with van der Waals surface area (Å²) in [5, 5.41) is 18.7. The third-order valence-corrected chi connectivity index (χ3v) is 3.00. The lowest BCUT2D eigenvalue weighted by Crippen LogP contribution is -2.62. The Morgan fingerprint density at radius 1 is 1.04 bits per heavy atom. The van der Waals surface area contributed by atoms with Crippen LogP contribution in [0, 0.1) is 11.3 Å². The number of hydrogen-bond donors (Lipinski definition) is 1. The molecule has 1 fully saturated rings. The van der Waals surface area contributed by atoms with Gasteiger partial charge in [-0.2, -0.15) is 5.26 Å². The lowest BCUT2D eigenvalue weighted by molar-refractivity contribution is -0.299. The molecule has 1 rings (SSSR count). The van der Waals surface area contributed by atoms with Crippen molar-refractivity contribution in [2.75, 3.05) is 13.2 Å². The van der Waals surface area contributed by atoms with Gasteiger partial charge in [0.1, 0.15) is 25.4 Å². The van der Waals surface area contributed by atoms with Crippen molar-refractivity contribution in [3.8, 4) is 6.07 Å². The third kappa shape index (κ3) is 5.77. The Bertz CT molecular complexity index is 515. The highest BCUT2D eigenvalue weighted by Crippen LogP contribution is 2.27. The topological polar surface area (TPSA) is 141 Å². The number of carbonyl (C=O) groups excluding carboxylic acids is 3. The summed E-state index contributed by atoms with van der Waals surface area (Å²) in [4.78, 5) is 33.5. The van der Waals surface area contributed by atoms with E-state index in [0.29, 0.717) is 0 Å². The van der Waals surface area contributed by atoms with Gasteiger partial charge in [0.15, 0.2) is 18.5 Å². The number of nitrogens with zero attached hydrogens (tertiary/aromatic N) is 1. The van der Waals surface area contributed by atoms with Gasteiger partial charge in [-0.3, -0.25) is 14.4 Å². The average molecular weight is 345 g/mol. The average Bonchev–Trinajstić information content (AvgIpc) is 2.47. The normalized spacial score (nSPS) is 29.2. The van der Waals surface area contributed by atoms with Crippen molar-refractivity contribution in [2.45, 2.75) is 51.5 Å². The molecule has 10 heteroatoms. The summed E-state index contributed by atoms with van der Waals surface area (Å²) in [7, 11) is 0. The Labute approximate surface area is 138 Å². The molecule has 0 radical (unpaired) electrons. The van der Waals surface area contributed by atoms with E-state index in [1.807, 2.05) is 0 Å². The summed E-state index contributed by atoms with van der Waals surface area (Å²) >= 11 is 0. The molecular formula is C14H19NO9. The molecule has 0 aliphatic carbocycles. The second-order valence-corrected chi connectivity index (χ2v) is 4.95. The lowest BCUT2D eigenvalue weighted by Gasteiger charge is -2.42. The molecule has 0 aromatic heterocycles. The second kappa shape index (κ2) is 9.17. The molecular weight excluding hydrogens is 326 g/mol. The van der Waals surface area contributed by atoms with E-state index in [1.165, 1.54) is 6.92 Å². The predicted octanol–water partition coefficient (Wildman–Crippen LogP) is -0.961.